The van der Waals surface area contributed by atoms with Gasteiger partial charge in [0.2, 0.25) is 0 Å². The van der Waals surface area contributed by atoms with Crippen LogP contribution in [0.25, 0.3) is 0 Å². The average molecular weight is 399 g/mol. The van der Waals surface area contributed by atoms with Gasteiger partial charge < -0.3 is 10.2 Å². The standard InChI is InChI=1S/C24H21N3O3/c1-16(28)17-6-8-22(9-7-17)26-23(29)20-12-21(14-25-13-20)24(30)27-11-10-18-4-2-3-5-19(18)15-27/h2-9,12-14H,10-11,15H2,1H3,(H,26,29). The van der Waals surface area contributed by atoms with Gasteiger partial charge in [-0.25, -0.2) is 0 Å². The molecule has 0 bridgehead atoms. The molecule has 3 aromatic rings. The molecule has 1 aliphatic heterocycles. The fraction of sp³-hybridized carbons (Fsp3) is 0.167. The Morgan fingerprint density at radius 2 is 1.60 bits per heavy atom. The summed E-state index contributed by atoms with van der Waals surface area (Å²) >= 11 is 0. The molecule has 0 atom stereocenters. The molecule has 2 aromatic carbocycles. The second-order valence-electron chi connectivity index (χ2n) is 7.30. The van der Waals surface area contributed by atoms with E-state index in [4.69, 9.17) is 0 Å². The number of nitrogens with zero attached hydrogens (tertiary/aromatic N) is 2. The van der Waals surface area contributed by atoms with E-state index in [1.807, 2.05) is 18.2 Å². The molecule has 1 aliphatic rings. The second kappa shape index (κ2) is 8.29. The molecule has 6 nitrogen and oxygen atoms in total. The van der Waals surface area contributed by atoms with Crippen molar-refractivity contribution in [1.29, 1.82) is 0 Å². The maximum Gasteiger partial charge on any atom is 0.257 e. The van der Waals surface area contributed by atoms with Crippen molar-refractivity contribution in [3.05, 3.63) is 94.8 Å². The number of pyridine rings is 1. The topological polar surface area (TPSA) is 79.4 Å². The lowest BCUT2D eigenvalue weighted by atomic mass is 9.99. The van der Waals surface area contributed by atoms with Crippen LogP contribution in [0.4, 0.5) is 5.69 Å². The van der Waals surface area contributed by atoms with Crippen LogP contribution in [0.3, 0.4) is 0 Å². The van der Waals surface area contributed by atoms with E-state index in [0.29, 0.717) is 35.5 Å². The Balaban J connectivity index is 1.47. The first kappa shape index (κ1) is 19.5. The van der Waals surface area contributed by atoms with Crippen molar-refractivity contribution in [2.75, 3.05) is 11.9 Å². The van der Waals surface area contributed by atoms with E-state index >= 15 is 0 Å². The minimum atomic E-state index is -0.364. The lowest BCUT2D eigenvalue weighted by Crippen LogP contribution is -2.36. The largest absolute Gasteiger partial charge is 0.334 e. The number of benzene rings is 2. The quantitative estimate of drug-likeness (QED) is 0.678. The van der Waals surface area contributed by atoms with E-state index < -0.39 is 0 Å². The minimum Gasteiger partial charge on any atom is -0.334 e. The molecule has 0 saturated carbocycles. The summed E-state index contributed by atoms with van der Waals surface area (Å²) in [5.41, 5.74) is 4.24. The smallest absolute Gasteiger partial charge is 0.257 e. The molecule has 2 heterocycles. The van der Waals surface area contributed by atoms with Crippen molar-refractivity contribution in [1.82, 2.24) is 9.88 Å². The number of hydrogen-bond donors (Lipinski definition) is 1. The van der Waals surface area contributed by atoms with Gasteiger partial charge in [0.15, 0.2) is 5.78 Å². The number of Topliss-reactive ketones (excluding diaryl/α,β-unsaturated/α-hetero) is 1. The number of fused-ring (bicyclic) bond motifs is 1. The molecule has 4 rings (SSSR count). The maximum absolute atomic E-state index is 13.0. The summed E-state index contributed by atoms with van der Waals surface area (Å²) in [6.07, 6.45) is 3.73. The summed E-state index contributed by atoms with van der Waals surface area (Å²) in [5.74, 6) is -0.544. The van der Waals surface area contributed by atoms with Gasteiger partial charge in [0, 0.05) is 36.7 Å². The van der Waals surface area contributed by atoms with Crippen molar-refractivity contribution in [2.45, 2.75) is 19.9 Å². The fourth-order valence-electron chi connectivity index (χ4n) is 3.52. The van der Waals surface area contributed by atoms with Gasteiger partial charge in [0.25, 0.3) is 11.8 Å². The number of anilines is 1. The molecule has 0 unspecified atom stereocenters. The van der Waals surface area contributed by atoms with Crippen molar-refractivity contribution < 1.29 is 14.4 Å². The number of carbonyl (C=O) groups is 3. The Labute approximate surface area is 174 Å². The van der Waals surface area contributed by atoms with Crippen LogP contribution in [-0.2, 0) is 13.0 Å². The van der Waals surface area contributed by atoms with Crippen molar-refractivity contribution in [3.63, 3.8) is 0 Å². The predicted octanol–water partition coefficient (Wildman–Crippen LogP) is 3.74. The first-order valence-electron chi connectivity index (χ1n) is 9.75. The lowest BCUT2D eigenvalue weighted by Gasteiger charge is -2.28. The van der Waals surface area contributed by atoms with Gasteiger partial charge in [0.05, 0.1) is 11.1 Å². The molecule has 0 fully saturated rings. The predicted molar refractivity (Wildman–Crippen MR) is 114 cm³/mol. The third-order valence-electron chi connectivity index (χ3n) is 5.21. The Morgan fingerprint density at radius 1 is 0.900 bits per heavy atom. The van der Waals surface area contributed by atoms with Crippen LogP contribution in [0.2, 0.25) is 0 Å². The lowest BCUT2D eigenvalue weighted by molar-refractivity contribution is 0.0734. The number of amides is 2. The molecule has 150 valence electrons. The van der Waals surface area contributed by atoms with Crippen LogP contribution >= 0.6 is 0 Å². The third kappa shape index (κ3) is 4.12. The molecule has 6 heteroatoms. The zero-order chi connectivity index (χ0) is 21.1. The number of nitrogens with one attached hydrogen (secondary N) is 1. The Morgan fingerprint density at radius 3 is 2.33 bits per heavy atom. The molecule has 30 heavy (non-hydrogen) atoms. The van der Waals surface area contributed by atoms with Gasteiger partial charge >= 0.3 is 0 Å². The van der Waals surface area contributed by atoms with E-state index in [0.717, 1.165) is 12.0 Å². The zero-order valence-corrected chi connectivity index (χ0v) is 16.6. The van der Waals surface area contributed by atoms with Crippen molar-refractivity contribution >= 4 is 23.3 Å². The van der Waals surface area contributed by atoms with Crippen molar-refractivity contribution in [3.8, 4) is 0 Å². The molecular formula is C24H21N3O3. The van der Waals surface area contributed by atoms with Crippen LogP contribution in [0, 0.1) is 0 Å². The molecule has 0 radical (unpaired) electrons. The SMILES string of the molecule is CC(=O)c1ccc(NC(=O)c2cncc(C(=O)N3CCc4ccccc4C3)c2)cc1. The first-order valence-corrected chi connectivity index (χ1v) is 9.75. The highest BCUT2D eigenvalue weighted by atomic mass is 16.2. The van der Waals surface area contributed by atoms with Gasteiger partial charge in [-0.2, -0.15) is 0 Å². The van der Waals surface area contributed by atoms with Gasteiger partial charge in [-0.05, 0) is 54.8 Å². The Bertz CT molecular complexity index is 1120. The molecule has 1 N–H and O–H groups in total. The summed E-state index contributed by atoms with van der Waals surface area (Å²) < 4.78 is 0. The van der Waals surface area contributed by atoms with Crippen LogP contribution in [0.15, 0.2) is 67.0 Å². The summed E-state index contributed by atoms with van der Waals surface area (Å²) in [7, 11) is 0. The van der Waals surface area contributed by atoms with E-state index in [-0.39, 0.29) is 17.6 Å². The summed E-state index contributed by atoms with van der Waals surface area (Å²) in [6, 6.07) is 16.3. The fourth-order valence-corrected chi connectivity index (χ4v) is 3.52. The number of aromatic nitrogens is 1. The molecular weight excluding hydrogens is 378 g/mol. The Hall–Kier alpha value is -3.80. The molecule has 0 saturated heterocycles. The van der Waals surface area contributed by atoms with Crippen LogP contribution in [-0.4, -0.2) is 34.0 Å². The summed E-state index contributed by atoms with van der Waals surface area (Å²) in [4.78, 5) is 42.8. The van der Waals surface area contributed by atoms with E-state index in [1.54, 1.807) is 35.2 Å². The molecule has 0 aliphatic carbocycles. The average Bonchev–Trinajstić information content (AvgIpc) is 2.78. The van der Waals surface area contributed by atoms with E-state index in [2.05, 4.69) is 16.4 Å². The highest BCUT2D eigenvalue weighted by molar-refractivity contribution is 6.06. The van der Waals surface area contributed by atoms with Crippen LogP contribution < -0.4 is 5.32 Å². The van der Waals surface area contributed by atoms with Gasteiger partial charge in [-0.1, -0.05) is 24.3 Å². The monoisotopic (exact) mass is 399 g/mol. The van der Waals surface area contributed by atoms with Gasteiger partial charge in [-0.15, -0.1) is 0 Å². The van der Waals surface area contributed by atoms with Gasteiger partial charge in [-0.3, -0.25) is 19.4 Å². The third-order valence-corrected chi connectivity index (χ3v) is 5.21. The number of ketones is 1. The van der Waals surface area contributed by atoms with Gasteiger partial charge in [0.1, 0.15) is 0 Å². The molecule has 2 amide bonds. The summed E-state index contributed by atoms with van der Waals surface area (Å²) in [5, 5.41) is 2.77. The Kier molecular flexibility index (Phi) is 5.39. The normalized spacial score (nSPS) is 12.8. The maximum atomic E-state index is 13.0. The van der Waals surface area contributed by atoms with E-state index in [1.165, 1.54) is 24.9 Å². The molecule has 1 aromatic heterocycles. The summed E-state index contributed by atoms with van der Waals surface area (Å²) in [6.45, 7) is 2.67. The minimum absolute atomic E-state index is 0.0383. The highest BCUT2D eigenvalue weighted by Gasteiger charge is 2.22. The highest BCUT2D eigenvalue weighted by Crippen LogP contribution is 2.20. The second-order valence-corrected chi connectivity index (χ2v) is 7.30. The van der Waals surface area contributed by atoms with Crippen LogP contribution in [0.5, 0.6) is 0 Å². The first-order chi connectivity index (χ1) is 14.5. The van der Waals surface area contributed by atoms with Crippen molar-refractivity contribution in [2.24, 2.45) is 0 Å². The zero-order valence-electron chi connectivity index (χ0n) is 16.6. The number of rotatable bonds is 4. The number of carbonyl (C=O) groups excluding carboxylic acids is 3. The number of hydrogen-bond acceptors (Lipinski definition) is 4. The van der Waals surface area contributed by atoms with E-state index in [9.17, 15) is 14.4 Å². The molecule has 0 spiro atoms. The van der Waals surface area contributed by atoms with Crippen LogP contribution in [0.1, 0.15) is 49.1 Å².